The SMILES string of the molecule is Cl.Cl.NCCNC(=O)c1ccc2[nH]cnc2c1. The Morgan fingerprint density at radius 3 is 2.88 bits per heavy atom. The van der Waals surface area contributed by atoms with Crippen LogP contribution in [0.5, 0.6) is 0 Å². The first-order valence-electron chi connectivity index (χ1n) is 4.72. The maximum atomic E-state index is 11.6. The average molecular weight is 277 g/mol. The minimum Gasteiger partial charge on any atom is -0.351 e. The summed E-state index contributed by atoms with van der Waals surface area (Å²) < 4.78 is 0. The van der Waals surface area contributed by atoms with Crippen molar-refractivity contribution in [2.24, 2.45) is 5.73 Å². The van der Waals surface area contributed by atoms with E-state index < -0.39 is 0 Å². The highest BCUT2D eigenvalue weighted by Gasteiger charge is 2.05. The van der Waals surface area contributed by atoms with Crippen molar-refractivity contribution in [1.82, 2.24) is 15.3 Å². The summed E-state index contributed by atoms with van der Waals surface area (Å²) in [5.41, 5.74) is 7.61. The van der Waals surface area contributed by atoms with Gasteiger partial charge in [0, 0.05) is 18.7 Å². The third-order valence-corrected chi connectivity index (χ3v) is 2.11. The van der Waals surface area contributed by atoms with Gasteiger partial charge in [0.15, 0.2) is 0 Å². The van der Waals surface area contributed by atoms with E-state index in [0.29, 0.717) is 18.7 Å². The molecule has 0 bridgehead atoms. The lowest BCUT2D eigenvalue weighted by Crippen LogP contribution is -2.28. The van der Waals surface area contributed by atoms with Crippen molar-refractivity contribution in [1.29, 1.82) is 0 Å². The van der Waals surface area contributed by atoms with Crippen molar-refractivity contribution in [2.45, 2.75) is 0 Å². The molecule has 4 N–H and O–H groups in total. The van der Waals surface area contributed by atoms with Crippen LogP contribution in [0, 0.1) is 0 Å². The molecule has 0 fully saturated rings. The van der Waals surface area contributed by atoms with E-state index in [-0.39, 0.29) is 30.7 Å². The number of rotatable bonds is 3. The first-order valence-corrected chi connectivity index (χ1v) is 4.72. The van der Waals surface area contributed by atoms with Gasteiger partial charge in [0.1, 0.15) is 0 Å². The van der Waals surface area contributed by atoms with Crippen molar-refractivity contribution >= 4 is 41.8 Å². The normalized spacial score (nSPS) is 9.24. The zero-order valence-corrected chi connectivity index (χ0v) is 10.6. The van der Waals surface area contributed by atoms with Crippen LogP contribution in [0.3, 0.4) is 0 Å². The molecule has 1 amide bonds. The van der Waals surface area contributed by atoms with Crippen LogP contribution in [-0.2, 0) is 0 Å². The molecule has 0 unspecified atom stereocenters. The maximum Gasteiger partial charge on any atom is 0.251 e. The predicted octanol–water partition coefficient (Wildman–Crippen LogP) is 1.09. The Bertz CT molecular complexity index is 486. The van der Waals surface area contributed by atoms with Gasteiger partial charge in [0.2, 0.25) is 0 Å². The first-order chi connectivity index (χ1) is 7.31. The zero-order valence-electron chi connectivity index (χ0n) is 8.97. The number of nitrogens with zero attached hydrogens (tertiary/aromatic N) is 1. The van der Waals surface area contributed by atoms with E-state index in [1.807, 2.05) is 6.07 Å². The number of H-pyrrole nitrogens is 1. The van der Waals surface area contributed by atoms with E-state index in [9.17, 15) is 4.79 Å². The van der Waals surface area contributed by atoms with Gasteiger partial charge in [-0.25, -0.2) is 4.98 Å². The summed E-state index contributed by atoms with van der Waals surface area (Å²) >= 11 is 0. The van der Waals surface area contributed by atoms with Gasteiger partial charge in [-0.1, -0.05) is 0 Å². The van der Waals surface area contributed by atoms with E-state index >= 15 is 0 Å². The van der Waals surface area contributed by atoms with Crippen LogP contribution in [-0.4, -0.2) is 29.0 Å². The van der Waals surface area contributed by atoms with Crippen LogP contribution in [0.15, 0.2) is 24.5 Å². The number of hydrogen-bond donors (Lipinski definition) is 3. The number of amides is 1. The number of aromatic nitrogens is 2. The van der Waals surface area contributed by atoms with Crippen LogP contribution in [0.1, 0.15) is 10.4 Å². The number of aromatic amines is 1. The molecule has 5 nitrogen and oxygen atoms in total. The Balaban J connectivity index is 0.00000128. The Labute approximate surface area is 111 Å². The molecular formula is C10H14Cl2N4O. The molecule has 0 radical (unpaired) electrons. The number of imidazole rings is 1. The Morgan fingerprint density at radius 1 is 1.41 bits per heavy atom. The highest BCUT2D eigenvalue weighted by atomic mass is 35.5. The number of nitrogens with one attached hydrogen (secondary N) is 2. The molecule has 2 aromatic rings. The summed E-state index contributed by atoms with van der Waals surface area (Å²) in [6, 6.07) is 5.34. The molecule has 0 saturated carbocycles. The summed E-state index contributed by atoms with van der Waals surface area (Å²) in [7, 11) is 0. The number of fused-ring (bicyclic) bond motifs is 1. The summed E-state index contributed by atoms with van der Waals surface area (Å²) in [4.78, 5) is 18.6. The van der Waals surface area contributed by atoms with Crippen LogP contribution in [0.25, 0.3) is 11.0 Å². The van der Waals surface area contributed by atoms with Crippen molar-refractivity contribution in [3.63, 3.8) is 0 Å². The maximum absolute atomic E-state index is 11.6. The molecule has 94 valence electrons. The van der Waals surface area contributed by atoms with Gasteiger partial charge in [0.25, 0.3) is 5.91 Å². The van der Waals surface area contributed by atoms with Gasteiger partial charge in [-0.05, 0) is 18.2 Å². The molecule has 1 aromatic carbocycles. The van der Waals surface area contributed by atoms with Crippen molar-refractivity contribution in [3.05, 3.63) is 30.1 Å². The van der Waals surface area contributed by atoms with Crippen molar-refractivity contribution in [3.8, 4) is 0 Å². The topological polar surface area (TPSA) is 83.8 Å². The molecule has 0 saturated heterocycles. The van der Waals surface area contributed by atoms with Gasteiger partial charge >= 0.3 is 0 Å². The minimum atomic E-state index is -0.120. The standard InChI is InChI=1S/C10H12N4O.2ClH/c11-3-4-12-10(15)7-1-2-8-9(5-7)14-6-13-8;;/h1-2,5-6H,3-4,11H2,(H,12,15)(H,13,14);2*1H. The molecule has 17 heavy (non-hydrogen) atoms. The number of benzene rings is 1. The lowest BCUT2D eigenvalue weighted by Gasteiger charge is -2.02. The second-order valence-electron chi connectivity index (χ2n) is 3.18. The van der Waals surface area contributed by atoms with Crippen LogP contribution in [0.2, 0.25) is 0 Å². The lowest BCUT2D eigenvalue weighted by atomic mass is 10.2. The van der Waals surface area contributed by atoms with Gasteiger partial charge in [-0.3, -0.25) is 4.79 Å². The molecule has 0 atom stereocenters. The van der Waals surface area contributed by atoms with E-state index in [1.165, 1.54) is 0 Å². The fraction of sp³-hybridized carbons (Fsp3) is 0.200. The van der Waals surface area contributed by atoms with Gasteiger partial charge < -0.3 is 16.0 Å². The molecule has 1 aromatic heterocycles. The molecule has 0 spiro atoms. The van der Waals surface area contributed by atoms with E-state index in [4.69, 9.17) is 5.73 Å². The molecular weight excluding hydrogens is 263 g/mol. The fourth-order valence-electron chi connectivity index (χ4n) is 1.36. The smallest absolute Gasteiger partial charge is 0.251 e. The third kappa shape index (κ3) is 3.59. The number of carbonyl (C=O) groups is 1. The van der Waals surface area contributed by atoms with Crippen molar-refractivity contribution in [2.75, 3.05) is 13.1 Å². The van der Waals surface area contributed by atoms with Gasteiger partial charge in [0.05, 0.1) is 17.4 Å². The third-order valence-electron chi connectivity index (χ3n) is 2.11. The van der Waals surface area contributed by atoms with E-state index in [0.717, 1.165) is 11.0 Å². The second-order valence-corrected chi connectivity index (χ2v) is 3.18. The molecule has 1 heterocycles. The van der Waals surface area contributed by atoms with Crippen LogP contribution in [0.4, 0.5) is 0 Å². The summed E-state index contributed by atoms with van der Waals surface area (Å²) in [6.45, 7) is 0.924. The largest absolute Gasteiger partial charge is 0.351 e. The predicted molar refractivity (Wildman–Crippen MR) is 72.0 cm³/mol. The molecule has 0 aliphatic carbocycles. The Hall–Kier alpha value is -1.30. The average Bonchev–Trinajstić information content (AvgIpc) is 2.72. The second kappa shape index (κ2) is 7.11. The Kier molecular flexibility index (Phi) is 6.57. The first kappa shape index (κ1) is 15.7. The van der Waals surface area contributed by atoms with Crippen LogP contribution < -0.4 is 11.1 Å². The minimum absolute atomic E-state index is 0. The summed E-state index contributed by atoms with van der Waals surface area (Å²) in [6.07, 6.45) is 1.60. The fourth-order valence-corrected chi connectivity index (χ4v) is 1.36. The summed E-state index contributed by atoms with van der Waals surface area (Å²) in [5, 5.41) is 2.70. The van der Waals surface area contributed by atoms with Crippen LogP contribution >= 0.6 is 24.8 Å². The van der Waals surface area contributed by atoms with Gasteiger partial charge in [-0.15, -0.1) is 24.8 Å². The Morgan fingerprint density at radius 2 is 2.18 bits per heavy atom. The number of carbonyl (C=O) groups excluding carboxylic acids is 1. The van der Waals surface area contributed by atoms with Gasteiger partial charge in [-0.2, -0.15) is 0 Å². The molecule has 0 aliphatic heterocycles. The quantitative estimate of drug-likeness (QED) is 0.785. The molecule has 0 aliphatic rings. The van der Waals surface area contributed by atoms with E-state index in [1.54, 1.807) is 18.5 Å². The monoisotopic (exact) mass is 276 g/mol. The highest BCUT2D eigenvalue weighted by Crippen LogP contribution is 2.11. The van der Waals surface area contributed by atoms with Crippen molar-refractivity contribution < 1.29 is 4.79 Å². The lowest BCUT2D eigenvalue weighted by molar-refractivity contribution is 0.0955. The zero-order chi connectivity index (χ0) is 10.7. The number of hydrogen-bond acceptors (Lipinski definition) is 3. The summed E-state index contributed by atoms with van der Waals surface area (Å²) in [5.74, 6) is -0.120. The number of halogens is 2. The van der Waals surface area contributed by atoms with E-state index in [2.05, 4.69) is 15.3 Å². The number of nitrogens with two attached hydrogens (primary N) is 1. The highest BCUT2D eigenvalue weighted by molar-refractivity contribution is 5.97. The molecule has 7 heteroatoms. The molecule has 2 rings (SSSR count).